The van der Waals surface area contributed by atoms with Crippen molar-refractivity contribution in [1.82, 2.24) is 15.1 Å². The van der Waals surface area contributed by atoms with Crippen LogP contribution in [0.15, 0.2) is 0 Å². The van der Waals surface area contributed by atoms with E-state index in [2.05, 4.69) is 24.3 Å². The van der Waals surface area contributed by atoms with Crippen molar-refractivity contribution in [2.45, 2.75) is 66.0 Å². The Balaban J connectivity index is 3.22. The zero-order valence-electron chi connectivity index (χ0n) is 13.3. The van der Waals surface area contributed by atoms with Crippen LogP contribution in [0, 0.1) is 17.0 Å². The summed E-state index contributed by atoms with van der Waals surface area (Å²) in [6.45, 7) is 12.8. The molecule has 2 atom stereocenters. The number of aromatic nitrogens is 2. The molecule has 6 heteroatoms. The van der Waals surface area contributed by atoms with E-state index in [-0.39, 0.29) is 28.6 Å². The van der Waals surface area contributed by atoms with Crippen molar-refractivity contribution < 1.29 is 4.92 Å². The van der Waals surface area contributed by atoms with Crippen molar-refractivity contribution >= 4 is 5.69 Å². The van der Waals surface area contributed by atoms with Crippen LogP contribution < -0.4 is 5.32 Å². The summed E-state index contributed by atoms with van der Waals surface area (Å²) in [5.74, 6) is 0.0329. The largest absolute Gasteiger partial charge is 0.314 e. The van der Waals surface area contributed by atoms with E-state index in [1.807, 2.05) is 20.8 Å². The molecule has 0 amide bonds. The smallest absolute Gasteiger partial charge is 0.313 e. The molecule has 6 nitrogen and oxygen atoms in total. The fraction of sp³-hybridized carbons (Fsp3) is 0.786. The maximum Gasteiger partial charge on any atom is 0.313 e. The van der Waals surface area contributed by atoms with Crippen LogP contribution in [-0.2, 0) is 0 Å². The topological polar surface area (TPSA) is 73.0 Å². The van der Waals surface area contributed by atoms with Crippen LogP contribution in [0.25, 0.3) is 0 Å². The van der Waals surface area contributed by atoms with Gasteiger partial charge in [0.15, 0.2) is 0 Å². The summed E-state index contributed by atoms with van der Waals surface area (Å²) in [5.41, 5.74) is 1.38. The first-order chi connectivity index (χ1) is 9.31. The van der Waals surface area contributed by atoms with E-state index in [9.17, 15) is 10.1 Å². The molecule has 1 aromatic heterocycles. The molecule has 0 saturated carbocycles. The van der Waals surface area contributed by atoms with Crippen LogP contribution in [0.4, 0.5) is 5.69 Å². The third kappa shape index (κ3) is 3.36. The molecule has 1 N–H and O–H groups in total. The summed E-state index contributed by atoms with van der Waals surface area (Å²) in [7, 11) is 0. The predicted molar refractivity (Wildman–Crippen MR) is 80.2 cm³/mol. The second-order valence-corrected chi connectivity index (χ2v) is 5.65. The van der Waals surface area contributed by atoms with Gasteiger partial charge in [-0.25, -0.2) is 0 Å². The SMILES string of the molecule is CCCNC(C)C(C)c1c([N+](=O)[O-])c(C)nn1C(C)C. The summed E-state index contributed by atoms with van der Waals surface area (Å²) < 4.78 is 1.79. The second-order valence-electron chi connectivity index (χ2n) is 5.65. The lowest BCUT2D eigenvalue weighted by Crippen LogP contribution is -2.33. The van der Waals surface area contributed by atoms with Crippen LogP contribution in [0.2, 0.25) is 0 Å². The molecule has 0 spiro atoms. The van der Waals surface area contributed by atoms with E-state index in [1.54, 1.807) is 11.6 Å². The minimum atomic E-state index is -0.306. The number of aryl methyl sites for hydroxylation is 1. The van der Waals surface area contributed by atoms with E-state index < -0.39 is 0 Å². The van der Waals surface area contributed by atoms with E-state index in [1.165, 1.54) is 0 Å². The fourth-order valence-corrected chi connectivity index (χ4v) is 2.39. The van der Waals surface area contributed by atoms with Gasteiger partial charge in [0.1, 0.15) is 11.4 Å². The first-order valence-electron chi connectivity index (χ1n) is 7.27. The normalized spacial score (nSPS) is 14.6. The van der Waals surface area contributed by atoms with Crippen molar-refractivity contribution in [3.05, 3.63) is 21.5 Å². The van der Waals surface area contributed by atoms with Crippen LogP contribution in [0.3, 0.4) is 0 Å². The third-order valence-electron chi connectivity index (χ3n) is 3.66. The minimum Gasteiger partial charge on any atom is -0.314 e. The lowest BCUT2D eigenvalue weighted by molar-refractivity contribution is -0.386. The van der Waals surface area contributed by atoms with Gasteiger partial charge in [0.05, 0.1) is 4.92 Å². The molecule has 0 fully saturated rings. The summed E-state index contributed by atoms with van der Waals surface area (Å²) in [4.78, 5) is 11.0. The Bertz CT molecular complexity index is 468. The summed E-state index contributed by atoms with van der Waals surface area (Å²) in [5, 5.41) is 19.1. The fourth-order valence-electron chi connectivity index (χ4n) is 2.39. The van der Waals surface area contributed by atoms with Gasteiger partial charge in [0.25, 0.3) is 0 Å². The van der Waals surface area contributed by atoms with Crippen LogP contribution in [0.1, 0.15) is 64.4 Å². The Labute approximate surface area is 120 Å². The van der Waals surface area contributed by atoms with E-state index in [4.69, 9.17) is 0 Å². The van der Waals surface area contributed by atoms with Gasteiger partial charge >= 0.3 is 5.69 Å². The number of hydrogen-bond acceptors (Lipinski definition) is 4. The number of nitrogens with one attached hydrogen (secondary N) is 1. The highest BCUT2D eigenvalue weighted by Crippen LogP contribution is 2.33. The molecule has 0 aliphatic heterocycles. The Morgan fingerprint density at radius 3 is 2.40 bits per heavy atom. The Morgan fingerprint density at radius 1 is 1.35 bits per heavy atom. The number of rotatable bonds is 7. The Hall–Kier alpha value is -1.43. The van der Waals surface area contributed by atoms with Gasteiger partial charge < -0.3 is 5.32 Å². The zero-order valence-corrected chi connectivity index (χ0v) is 13.3. The van der Waals surface area contributed by atoms with E-state index in [0.717, 1.165) is 18.7 Å². The minimum absolute atomic E-state index is 0.0329. The maximum atomic E-state index is 11.4. The van der Waals surface area contributed by atoms with Gasteiger partial charge in [-0.3, -0.25) is 14.8 Å². The van der Waals surface area contributed by atoms with E-state index in [0.29, 0.717) is 5.69 Å². The van der Waals surface area contributed by atoms with Crippen molar-refractivity contribution in [2.75, 3.05) is 6.54 Å². The van der Waals surface area contributed by atoms with Crippen molar-refractivity contribution in [2.24, 2.45) is 0 Å². The summed E-state index contributed by atoms with van der Waals surface area (Å²) in [6.07, 6.45) is 1.04. The molecular weight excluding hydrogens is 256 g/mol. The number of nitro groups is 1. The maximum absolute atomic E-state index is 11.4. The molecule has 0 radical (unpaired) electrons. The highest BCUT2D eigenvalue weighted by molar-refractivity contribution is 5.43. The molecule has 0 aromatic carbocycles. The molecule has 20 heavy (non-hydrogen) atoms. The predicted octanol–water partition coefficient (Wildman–Crippen LogP) is 3.17. The van der Waals surface area contributed by atoms with Gasteiger partial charge in [-0.15, -0.1) is 0 Å². The zero-order chi connectivity index (χ0) is 15.4. The lowest BCUT2D eigenvalue weighted by atomic mass is 9.97. The molecule has 1 rings (SSSR count). The molecular formula is C14H26N4O2. The van der Waals surface area contributed by atoms with Crippen molar-refractivity contribution in [3.63, 3.8) is 0 Å². The highest BCUT2D eigenvalue weighted by Gasteiger charge is 2.32. The Kier molecular flexibility index (Phi) is 5.68. The van der Waals surface area contributed by atoms with Gasteiger partial charge in [0, 0.05) is 18.0 Å². The van der Waals surface area contributed by atoms with Gasteiger partial charge in [-0.2, -0.15) is 5.10 Å². The monoisotopic (exact) mass is 282 g/mol. The highest BCUT2D eigenvalue weighted by atomic mass is 16.6. The van der Waals surface area contributed by atoms with Crippen LogP contribution in [-0.4, -0.2) is 27.3 Å². The average molecular weight is 282 g/mol. The van der Waals surface area contributed by atoms with Gasteiger partial charge in [0.2, 0.25) is 0 Å². The van der Waals surface area contributed by atoms with Crippen molar-refractivity contribution in [3.8, 4) is 0 Å². The Morgan fingerprint density at radius 2 is 1.95 bits per heavy atom. The first-order valence-corrected chi connectivity index (χ1v) is 7.27. The average Bonchev–Trinajstić information content (AvgIpc) is 2.72. The molecule has 1 aromatic rings. The molecule has 0 bridgehead atoms. The van der Waals surface area contributed by atoms with E-state index >= 15 is 0 Å². The molecule has 2 unspecified atom stereocenters. The third-order valence-corrected chi connectivity index (χ3v) is 3.66. The first kappa shape index (κ1) is 16.6. The van der Waals surface area contributed by atoms with Crippen LogP contribution in [0.5, 0.6) is 0 Å². The molecule has 1 heterocycles. The lowest BCUT2D eigenvalue weighted by Gasteiger charge is -2.22. The quantitative estimate of drug-likeness (QED) is 0.616. The number of hydrogen-bond donors (Lipinski definition) is 1. The summed E-state index contributed by atoms with van der Waals surface area (Å²) >= 11 is 0. The molecule has 0 saturated heterocycles. The standard InChI is InChI=1S/C14H26N4O2/c1-7-8-15-11(5)10(4)13-14(18(19)20)12(6)16-17(13)9(2)3/h9-11,15H,7-8H2,1-6H3. The van der Waals surface area contributed by atoms with Crippen LogP contribution >= 0.6 is 0 Å². The number of nitrogens with zero attached hydrogens (tertiary/aromatic N) is 3. The van der Waals surface area contributed by atoms with Crippen molar-refractivity contribution in [1.29, 1.82) is 0 Å². The van der Waals surface area contributed by atoms with Gasteiger partial charge in [-0.1, -0.05) is 13.8 Å². The molecule has 114 valence electrons. The molecule has 0 aliphatic rings. The second kappa shape index (κ2) is 6.83. The van der Waals surface area contributed by atoms with Gasteiger partial charge in [-0.05, 0) is 40.7 Å². The summed E-state index contributed by atoms with van der Waals surface area (Å²) in [6, 6.07) is 0.278. The molecule has 0 aliphatic carbocycles.